The van der Waals surface area contributed by atoms with E-state index in [1.54, 1.807) is 0 Å². The zero-order valence-electron chi connectivity index (χ0n) is 6.93. The second-order valence-electron chi connectivity index (χ2n) is 2.68. The number of allylic oxidation sites excluding steroid dienone is 1. The molecular weight excluding hydrogens is 140 g/mol. The summed E-state index contributed by atoms with van der Waals surface area (Å²) in [4.78, 5) is 11.2. The van der Waals surface area contributed by atoms with Gasteiger partial charge in [0.15, 0.2) is 5.78 Å². The zero-order valence-corrected chi connectivity index (χ0v) is 6.93. The molecule has 0 N–H and O–H groups in total. The van der Waals surface area contributed by atoms with Crippen LogP contribution >= 0.6 is 0 Å². The average Bonchev–Trinajstić information content (AvgIpc) is 2.52. The topological polar surface area (TPSA) is 26.3 Å². The summed E-state index contributed by atoms with van der Waals surface area (Å²) in [5, 5.41) is 0. The predicted molar refractivity (Wildman–Crippen MR) is 43.4 cm³/mol. The van der Waals surface area contributed by atoms with Gasteiger partial charge in [0.2, 0.25) is 0 Å². The molecule has 1 rings (SSSR count). The van der Waals surface area contributed by atoms with Crippen molar-refractivity contribution in [1.82, 2.24) is 0 Å². The molecule has 62 valence electrons. The third kappa shape index (κ3) is 2.46. The highest BCUT2D eigenvalue weighted by Crippen LogP contribution is 2.17. The SMILES string of the molecule is CCOCC(=O)C1=CCCC1. The van der Waals surface area contributed by atoms with Crippen LogP contribution in [0.4, 0.5) is 0 Å². The molecule has 0 aromatic heterocycles. The monoisotopic (exact) mass is 154 g/mol. The third-order valence-electron chi connectivity index (χ3n) is 1.84. The molecule has 0 saturated heterocycles. The highest BCUT2D eigenvalue weighted by atomic mass is 16.5. The van der Waals surface area contributed by atoms with Gasteiger partial charge in [-0.3, -0.25) is 4.79 Å². The molecule has 0 atom stereocenters. The van der Waals surface area contributed by atoms with Crippen LogP contribution in [0.2, 0.25) is 0 Å². The number of hydrogen-bond donors (Lipinski definition) is 0. The number of Topliss-reactive ketones (excluding diaryl/α,β-unsaturated/α-hetero) is 1. The minimum Gasteiger partial charge on any atom is -0.374 e. The molecule has 0 saturated carbocycles. The van der Waals surface area contributed by atoms with Crippen LogP contribution in [-0.2, 0) is 9.53 Å². The van der Waals surface area contributed by atoms with Crippen molar-refractivity contribution < 1.29 is 9.53 Å². The first kappa shape index (κ1) is 8.47. The van der Waals surface area contributed by atoms with Crippen LogP contribution in [0, 0.1) is 0 Å². The fourth-order valence-electron chi connectivity index (χ4n) is 1.21. The molecular formula is C9H14O2. The van der Waals surface area contributed by atoms with Crippen molar-refractivity contribution in [3.8, 4) is 0 Å². The van der Waals surface area contributed by atoms with Crippen LogP contribution in [0.25, 0.3) is 0 Å². The summed E-state index contributed by atoms with van der Waals surface area (Å²) in [6, 6.07) is 0. The summed E-state index contributed by atoms with van der Waals surface area (Å²) in [6.45, 7) is 2.79. The molecule has 0 spiro atoms. The maximum absolute atomic E-state index is 11.2. The quantitative estimate of drug-likeness (QED) is 0.616. The van der Waals surface area contributed by atoms with Crippen LogP contribution in [0.3, 0.4) is 0 Å². The third-order valence-corrected chi connectivity index (χ3v) is 1.84. The average molecular weight is 154 g/mol. The van der Waals surface area contributed by atoms with Crippen LogP contribution in [0.5, 0.6) is 0 Å². The molecule has 1 aliphatic carbocycles. The van der Waals surface area contributed by atoms with E-state index in [0.29, 0.717) is 6.61 Å². The first-order chi connectivity index (χ1) is 5.34. The van der Waals surface area contributed by atoms with Gasteiger partial charge in [0.05, 0.1) is 0 Å². The summed E-state index contributed by atoms with van der Waals surface area (Å²) in [6.07, 6.45) is 5.17. The van der Waals surface area contributed by atoms with Crippen molar-refractivity contribution in [3.05, 3.63) is 11.6 Å². The lowest BCUT2D eigenvalue weighted by atomic mass is 10.1. The van der Waals surface area contributed by atoms with Gasteiger partial charge in [0.25, 0.3) is 0 Å². The van der Waals surface area contributed by atoms with Crippen molar-refractivity contribution in [3.63, 3.8) is 0 Å². The molecule has 0 fully saturated rings. The second-order valence-corrected chi connectivity index (χ2v) is 2.68. The van der Waals surface area contributed by atoms with Gasteiger partial charge in [0, 0.05) is 6.61 Å². The first-order valence-electron chi connectivity index (χ1n) is 4.14. The minimum atomic E-state index is 0.171. The Balaban J connectivity index is 2.29. The number of carbonyl (C=O) groups excluding carboxylic acids is 1. The lowest BCUT2D eigenvalue weighted by Gasteiger charge is -2.00. The maximum Gasteiger partial charge on any atom is 0.184 e. The van der Waals surface area contributed by atoms with Gasteiger partial charge in [-0.2, -0.15) is 0 Å². The Morgan fingerprint density at radius 2 is 2.55 bits per heavy atom. The highest BCUT2D eigenvalue weighted by Gasteiger charge is 2.12. The van der Waals surface area contributed by atoms with Crippen molar-refractivity contribution in [1.29, 1.82) is 0 Å². The summed E-state index contributed by atoms with van der Waals surface area (Å²) < 4.78 is 5.02. The van der Waals surface area contributed by atoms with Crippen molar-refractivity contribution in [2.24, 2.45) is 0 Å². The summed E-state index contributed by atoms with van der Waals surface area (Å²) in [5.41, 5.74) is 0.971. The highest BCUT2D eigenvalue weighted by molar-refractivity contribution is 5.96. The molecule has 11 heavy (non-hydrogen) atoms. The smallest absolute Gasteiger partial charge is 0.184 e. The Labute approximate surface area is 67.2 Å². The molecule has 0 radical (unpaired) electrons. The van der Waals surface area contributed by atoms with Crippen molar-refractivity contribution in [2.75, 3.05) is 13.2 Å². The molecule has 0 aromatic rings. The Kier molecular flexibility index (Phi) is 3.30. The lowest BCUT2D eigenvalue weighted by molar-refractivity contribution is -0.119. The van der Waals surface area contributed by atoms with Gasteiger partial charge in [-0.15, -0.1) is 0 Å². The van der Waals surface area contributed by atoms with E-state index in [1.807, 2.05) is 13.0 Å². The van der Waals surface area contributed by atoms with Gasteiger partial charge in [-0.25, -0.2) is 0 Å². The normalized spacial score (nSPS) is 16.6. The Morgan fingerprint density at radius 1 is 1.73 bits per heavy atom. The minimum absolute atomic E-state index is 0.171. The second kappa shape index (κ2) is 4.29. The van der Waals surface area contributed by atoms with Gasteiger partial charge in [-0.1, -0.05) is 6.08 Å². The number of hydrogen-bond acceptors (Lipinski definition) is 2. The van der Waals surface area contributed by atoms with Gasteiger partial charge >= 0.3 is 0 Å². The van der Waals surface area contributed by atoms with E-state index in [-0.39, 0.29) is 12.4 Å². The van der Waals surface area contributed by atoms with Crippen LogP contribution in [-0.4, -0.2) is 19.0 Å². The Morgan fingerprint density at radius 3 is 3.09 bits per heavy atom. The molecule has 1 aliphatic rings. The van der Waals surface area contributed by atoms with Gasteiger partial charge < -0.3 is 4.74 Å². The van der Waals surface area contributed by atoms with E-state index in [2.05, 4.69) is 0 Å². The van der Waals surface area contributed by atoms with Crippen LogP contribution in [0.1, 0.15) is 26.2 Å². The standard InChI is InChI=1S/C9H14O2/c1-2-11-7-9(10)8-5-3-4-6-8/h5H,2-4,6-7H2,1H3. The fourth-order valence-corrected chi connectivity index (χ4v) is 1.21. The van der Waals surface area contributed by atoms with E-state index in [9.17, 15) is 4.79 Å². The molecule has 0 unspecified atom stereocenters. The van der Waals surface area contributed by atoms with E-state index in [4.69, 9.17) is 4.74 Å². The largest absolute Gasteiger partial charge is 0.374 e. The molecule has 0 aliphatic heterocycles. The van der Waals surface area contributed by atoms with Gasteiger partial charge in [-0.05, 0) is 31.8 Å². The fraction of sp³-hybridized carbons (Fsp3) is 0.667. The predicted octanol–water partition coefficient (Wildman–Crippen LogP) is 1.70. The molecule has 0 amide bonds. The van der Waals surface area contributed by atoms with E-state index in [1.165, 1.54) is 0 Å². The van der Waals surface area contributed by atoms with Gasteiger partial charge in [0.1, 0.15) is 6.61 Å². The summed E-state index contributed by atoms with van der Waals surface area (Å²) in [5.74, 6) is 0.171. The molecule has 0 bridgehead atoms. The summed E-state index contributed by atoms with van der Waals surface area (Å²) >= 11 is 0. The number of ether oxygens (including phenoxy) is 1. The molecule has 2 heteroatoms. The van der Waals surface area contributed by atoms with Crippen LogP contribution in [0.15, 0.2) is 11.6 Å². The Bertz CT molecular complexity index is 170. The number of ketones is 1. The number of rotatable bonds is 4. The van der Waals surface area contributed by atoms with Crippen molar-refractivity contribution >= 4 is 5.78 Å². The number of carbonyl (C=O) groups is 1. The molecule has 0 aromatic carbocycles. The van der Waals surface area contributed by atoms with E-state index in [0.717, 1.165) is 24.8 Å². The summed E-state index contributed by atoms with van der Waals surface area (Å²) in [7, 11) is 0. The van der Waals surface area contributed by atoms with E-state index >= 15 is 0 Å². The molecule has 0 heterocycles. The molecule has 2 nitrogen and oxygen atoms in total. The Hall–Kier alpha value is -0.630. The van der Waals surface area contributed by atoms with E-state index < -0.39 is 0 Å². The first-order valence-corrected chi connectivity index (χ1v) is 4.14. The maximum atomic E-state index is 11.2. The van der Waals surface area contributed by atoms with Crippen molar-refractivity contribution in [2.45, 2.75) is 26.2 Å². The zero-order chi connectivity index (χ0) is 8.10. The van der Waals surface area contributed by atoms with Crippen LogP contribution < -0.4 is 0 Å². The lowest BCUT2D eigenvalue weighted by Crippen LogP contribution is -2.09.